The van der Waals surface area contributed by atoms with E-state index in [0.29, 0.717) is 0 Å². The van der Waals surface area contributed by atoms with Crippen LogP contribution in [0.3, 0.4) is 0 Å². The highest BCUT2D eigenvalue weighted by Gasteiger charge is 2.34. The molecule has 0 aromatic heterocycles. The Labute approximate surface area is 152 Å². The minimum atomic E-state index is 0.0122. The third-order valence-corrected chi connectivity index (χ3v) is 5.45. The van der Waals surface area contributed by atoms with Crippen LogP contribution >= 0.6 is 0 Å². The molecule has 5 heteroatoms. The van der Waals surface area contributed by atoms with Crippen molar-refractivity contribution in [2.45, 2.75) is 45.7 Å². The SMILES string of the molecule is CCC1(CO)CCN(C(=O)NC(C)CN(C)Cc2ccccc2)CC1. The second-order valence-electron chi connectivity index (χ2n) is 7.53. The molecule has 1 unspecified atom stereocenters. The third kappa shape index (κ3) is 5.72. The molecule has 1 heterocycles. The van der Waals surface area contributed by atoms with E-state index in [9.17, 15) is 9.90 Å². The third-order valence-electron chi connectivity index (χ3n) is 5.45. The second kappa shape index (κ2) is 9.20. The number of likely N-dealkylation sites (N-methyl/N-ethyl adjacent to an activating group) is 1. The summed E-state index contributed by atoms with van der Waals surface area (Å²) in [6.07, 6.45) is 2.74. The van der Waals surface area contributed by atoms with Crippen molar-refractivity contribution in [3.8, 4) is 0 Å². The van der Waals surface area contributed by atoms with E-state index in [1.807, 2.05) is 30.0 Å². The largest absolute Gasteiger partial charge is 0.396 e. The van der Waals surface area contributed by atoms with E-state index in [1.54, 1.807) is 0 Å². The Kier molecular flexibility index (Phi) is 7.26. The molecule has 25 heavy (non-hydrogen) atoms. The highest BCUT2D eigenvalue weighted by Crippen LogP contribution is 2.34. The summed E-state index contributed by atoms with van der Waals surface area (Å²) in [7, 11) is 2.08. The summed E-state index contributed by atoms with van der Waals surface area (Å²) in [5, 5.41) is 12.7. The first kappa shape index (κ1) is 19.7. The molecule has 1 fully saturated rings. The Morgan fingerprint density at radius 3 is 2.52 bits per heavy atom. The van der Waals surface area contributed by atoms with E-state index in [-0.39, 0.29) is 24.1 Å². The van der Waals surface area contributed by atoms with Gasteiger partial charge in [-0.1, -0.05) is 37.3 Å². The van der Waals surface area contributed by atoms with Gasteiger partial charge in [0.05, 0.1) is 0 Å². The van der Waals surface area contributed by atoms with Gasteiger partial charge in [0, 0.05) is 38.8 Å². The quantitative estimate of drug-likeness (QED) is 0.797. The second-order valence-corrected chi connectivity index (χ2v) is 7.53. The molecule has 0 aliphatic carbocycles. The van der Waals surface area contributed by atoms with E-state index in [4.69, 9.17) is 0 Å². The van der Waals surface area contributed by atoms with Crippen LogP contribution in [0.4, 0.5) is 4.79 Å². The van der Waals surface area contributed by atoms with Crippen molar-refractivity contribution in [1.82, 2.24) is 15.1 Å². The molecular formula is C20H33N3O2. The molecule has 0 spiro atoms. The van der Waals surface area contributed by atoms with E-state index in [0.717, 1.165) is 45.4 Å². The van der Waals surface area contributed by atoms with Gasteiger partial charge in [-0.15, -0.1) is 0 Å². The first-order chi connectivity index (χ1) is 12.0. The van der Waals surface area contributed by atoms with Crippen molar-refractivity contribution in [3.05, 3.63) is 35.9 Å². The number of aliphatic hydroxyl groups excluding tert-OH is 1. The van der Waals surface area contributed by atoms with E-state index < -0.39 is 0 Å². The molecule has 0 radical (unpaired) electrons. The van der Waals surface area contributed by atoms with Crippen LogP contribution in [0.2, 0.25) is 0 Å². The lowest BCUT2D eigenvalue weighted by molar-refractivity contribution is 0.0514. The van der Waals surface area contributed by atoms with Gasteiger partial charge in [0.25, 0.3) is 0 Å². The van der Waals surface area contributed by atoms with E-state index in [1.165, 1.54) is 5.56 Å². The summed E-state index contributed by atoms with van der Waals surface area (Å²) < 4.78 is 0. The number of benzene rings is 1. The Morgan fingerprint density at radius 1 is 1.32 bits per heavy atom. The summed E-state index contributed by atoms with van der Waals surface area (Å²) in [4.78, 5) is 16.6. The van der Waals surface area contributed by atoms with Crippen molar-refractivity contribution in [2.75, 3.05) is 33.3 Å². The maximum absolute atomic E-state index is 12.5. The van der Waals surface area contributed by atoms with Gasteiger partial charge in [0.15, 0.2) is 0 Å². The molecule has 5 nitrogen and oxygen atoms in total. The maximum atomic E-state index is 12.5. The first-order valence-corrected chi connectivity index (χ1v) is 9.37. The smallest absolute Gasteiger partial charge is 0.317 e. The van der Waals surface area contributed by atoms with E-state index in [2.05, 4.69) is 36.3 Å². The fourth-order valence-electron chi connectivity index (χ4n) is 3.58. The molecule has 2 rings (SSSR count). The monoisotopic (exact) mass is 347 g/mol. The Bertz CT molecular complexity index is 521. The van der Waals surface area contributed by atoms with E-state index >= 15 is 0 Å². The van der Waals surface area contributed by atoms with Crippen molar-refractivity contribution >= 4 is 6.03 Å². The summed E-state index contributed by atoms with van der Waals surface area (Å²) in [5.74, 6) is 0. The molecule has 1 aromatic carbocycles. The number of carbonyl (C=O) groups excluding carboxylic acids is 1. The highest BCUT2D eigenvalue weighted by molar-refractivity contribution is 5.74. The highest BCUT2D eigenvalue weighted by atomic mass is 16.3. The van der Waals surface area contributed by atoms with Crippen molar-refractivity contribution in [2.24, 2.45) is 5.41 Å². The number of nitrogens with zero attached hydrogens (tertiary/aromatic N) is 2. The van der Waals surface area contributed by atoms with Crippen LogP contribution in [-0.2, 0) is 6.54 Å². The normalized spacial score (nSPS) is 18.2. The van der Waals surface area contributed by atoms with Gasteiger partial charge in [-0.25, -0.2) is 4.79 Å². The number of hydrogen-bond donors (Lipinski definition) is 2. The minimum absolute atomic E-state index is 0.0122. The van der Waals surface area contributed by atoms with Crippen LogP contribution in [-0.4, -0.2) is 60.3 Å². The molecule has 1 aliphatic rings. The molecule has 0 bridgehead atoms. The fourth-order valence-corrected chi connectivity index (χ4v) is 3.58. The summed E-state index contributed by atoms with van der Waals surface area (Å²) in [5.41, 5.74) is 1.29. The zero-order chi connectivity index (χ0) is 18.3. The minimum Gasteiger partial charge on any atom is -0.396 e. The average molecular weight is 348 g/mol. The number of urea groups is 1. The Hall–Kier alpha value is -1.59. The number of piperidine rings is 1. The predicted molar refractivity (Wildman–Crippen MR) is 101 cm³/mol. The number of nitrogens with one attached hydrogen (secondary N) is 1. The van der Waals surface area contributed by atoms with Crippen molar-refractivity contribution in [3.63, 3.8) is 0 Å². The number of likely N-dealkylation sites (tertiary alicyclic amines) is 1. The molecule has 1 aliphatic heterocycles. The number of hydrogen-bond acceptors (Lipinski definition) is 3. The van der Waals surface area contributed by atoms with Crippen LogP contribution in [0.1, 0.15) is 38.7 Å². The van der Waals surface area contributed by atoms with Crippen LogP contribution < -0.4 is 5.32 Å². The molecule has 1 saturated heterocycles. The lowest BCUT2D eigenvalue weighted by atomic mass is 9.77. The molecule has 2 N–H and O–H groups in total. The fraction of sp³-hybridized carbons (Fsp3) is 0.650. The summed E-state index contributed by atoms with van der Waals surface area (Å²) >= 11 is 0. The van der Waals surface area contributed by atoms with Gasteiger partial charge >= 0.3 is 6.03 Å². The standard InChI is InChI=1S/C20H33N3O2/c1-4-20(16-24)10-12-23(13-11-20)19(25)21-17(2)14-22(3)15-18-8-6-5-7-9-18/h5-9,17,24H,4,10-16H2,1-3H3,(H,21,25). The van der Waals surface area contributed by atoms with Crippen LogP contribution in [0.25, 0.3) is 0 Å². The maximum Gasteiger partial charge on any atom is 0.317 e. The molecule has 1 atom stereocenters. The van der Waals surface area contributed by atoms with Gasteiger partial charge in [0.2, 0.25) is 0 Å². The Morgan fingerprint density at radius 2 is 1.96 bits per heavy atom. The topological polar surface area (TPSA) is 55.8 Å². The van der Waals surface area contributed by atoms with Gasteiger partial charge in [-0.3, -0.25) is 0 Å². The predicted octanol–water partition coefficient (Wildman–Crippen LogP) is 2.70. The van der Waals surface area contributed by atoms with Crippen molar-refractivity contribution < 1.29 is 9.90 Å². The summed E-state index contributed by atoms with van der Waals surface area (Å²) in [6.45, 7) is 7.54. The molecular weight excluding hydrogens is 314 g/mol. The number of aliphatic hydroxyl groups is 1. The van der Waals surface area contributed by atoms with Gasteiger partial charge in [-0.05, 0) is 44.2 Å². The number of rotatable bonds is 7. The first-order valence-electron chi connectivity index (χ1n) is 9.37. The number of amides is 2. The lowest BCUT2D eigenvalue weighted by Gasteiger charge is -2.40. The number of carbonyl (C=O) groups is 1. The average Bonchev–Trinajstić information content (AvgIpc) is 2.62. The Balaban J connectivity index is 1.75. The molecule has 0 saturated carbocycles. The zero-order valence-electron chi connectivity index (χ0n) is 15.9. The van der Waals surface area contributed by atoms with Gasteiger partial charge in [-0.2, -0.15) is 0 Å². The van der Waals surface area contributed by atoms with Gasteiger partial charge in [0.1, 0.15) is 0 Å². The molecule has 140 valence electrons. The van der Waals surface area contributed by atoms with Gasteiger partial charge < -0.3 is 20.2 Å². The lowest BCUT2D eigenvalue weighted by Crippen LogP contribution is -2.51. The van der Waals surface area contributed by atoms with Crippen LogP contribution in [0.15, 0.2) is 30.3 Å². The van der Waals surface area contributed by atoms with Crippen LogP contribution in [0.5, 0.6) is 0 Å². The zero-order valence-corrected chi connectivity index (χ0v) is 15.9. The van der Waals surface area contributed by atoms with Crippen LogP contribution in [0, 0.1) is 5.41 Å². The van der Waals surface area contributed by atoms with Crippen molar-refractivity contribution in [1.29, 1.82) is 0 Å². The molecule has 2 amide bonds. The molecule has 1 aromatic rings. The summed E-state index contributed by atoms with van der Waals surface area (Å²) in [6, 6.07) is 10.5.